The molecule has 5 heteroatoms. The summed E-state index contributed by atoms with van der Waals surface area (Å²) in [6.07, 6.45) is 0. The summed E-state index contributed by atoms with van der Waals surface area (Å²) >= 11 is 5.27. The topological polar surface area (TPSA) is 37.8 Å². The van der Waals surface area contributed by atoms with Gasteiger partial charge in [0, 0.05) is 21.7 Å². The summed E-state index contributed by atoms with van der Waals surface area (Å²) in [6.45, 7) is 9.30. The monoisotopic (exact) mass is 339 g/mol. The largest absolute Gasteiger partial charge is 0.365 e. The smallest absolute Gasteiger partial charge is 0.134 e. The molecule has 102 valence electrons. The van der Waals surface area contributed by atoms with Crippen molar-refractivity contribution in [3.8, 4) is 0 Å². The third kappa shape index (κ3) is 3.76. The maximum absolute atomic E-state index is 4.53. The quantitative estimate of drug-likeness (QED) is 0.823. The van der Waals surface area contributed by atoms with Gasteiger partial charge in [0.2, 0.25) is 0 Å². The summed E-state index contributed by atoms with van der Waals surface area (Å²) in [6, 6.07) is 4.14. The number of anilines is 1. The predicted octanol–water partition coefficient (Wildman–Crippen LogP) is 4.65. The van der Waals surface area contributed by atoms with Crippen LogP contribution in [0.1, 0.15) is 40.9 Å². The maximum Gasteiger partial charge on any atom is 0.134 e. The molecule has 0 bridgehead atoms. The number of thiophene rings is 1. The van der Waals surface area contributed by atoms with Crippen LogP contribution in [0.3, 0.4) is 0 Å². The van der Waals surface area contributed by atoms with Crippen molar-refractivity contribution in [2.45, 2.75) is 40.2 Å². The van der Waals surface area contributed by atoms with Crippen molar-refractivity contribution in [3.05, 3.63) is 37.9 Å². The van der Waals surface area contributed by atoms with Crippen LogP contribution in [0.25, 0.3) is 0 Å². The minimum atomic E-state index is 0.323. The molecule has 19 heavy (non-hydrogen) atoms. The van der Waals surface area contributed by atoms with E-state index < -0.39 is 0 Å². The molecule has 2 aromatic heterocycles. The van der Waals surface area contributed by atoms with Crippen LogP contribution in [-0.4, -0.2) is 9.97 Å². The third-order valence-electron chi connectivity index (χ3n) is 2.89. The van der Waals surface area contributed by atoms with Crippen LogP contribution in [0, 0.1) is 13.8 Å². The Morgan fingerprint density at radius 3 is 2.58 bits per heavy atom. The molecule has 0 fully saturated rings. The molecular formula is C14H18BrN3S. The Bertz CT molecular complexity index is 559. The zero-order valence-electron chi connectivity index (χ0n) is 11.6. The summed E-state index contributed by atoms with van der Waals surface area (Å²) in [5.74, 6) is 2.05. The predicted molar refractivity (Wildman–Crippen MR) is 84.9 cm³/mol. The Morgan fingerprint density at radius 2 is 2.00 bits per heavy atom. The summed E-state index contributed by atoms with van der Waals surface area (Å²) in [5, 5.41) is 3.37. The number of halogens is 1. The molecule has 1 N–H and O–H groups in total. The first kappa shape index (κ1) is 14.5. The van der Waals surface area contributed by atoms with Crippen molar-refractivity contribution >= 4 is 33.1 Å². The second-order valence-corrected chi connectivity index (χ2v) is 7.05. The highest BCUT2D eigenvalue weighted by molar-refractivity contribution is 9.10. The molecule has 0 atom stereocenters. The van der Waals surface area contributed by atoms with E-state index >= 15 is 0 Å². The highest BCUT2D eigenvalue weighted by Gasteiger charge is 2.07. The van der Waals surface area contributed by atoms with Gasteiger partial charge >= 0.3 is 0 Å². The molecule has 0 saturated carbocycles. The van der Waals surface area contributed by atoms with E-state index in [9.17, 15) is 0 Å². The average Bonchev–Trinajstić information content (AvgIpc) is 2.65. The molecular weight excluding hydrogens is 322 g/mol. The van der Waals surface area contributed by atoms with Crippen LogP contribution in [0.2, 0.25) is 0 Å². The Morgan fingerprint density at radius 1 is 1.26 bits per heavy atom. The van der Waals surface area contributed by atoms with Crippen molar-refractivity contribution in [1.29, 1.82) is 0 Å². The van der Waals surface area contributed by atoms with Gasteiger partial charge in [-0.05, 0) is 41.4 Å². The van der Waals surface area contributed by atoms with Gasteiger partial charge < -0.3 is 5.32 Å². The number of aromatic nitrogens is 2. The Balaban J connectivity index is 2.11. The zero-order valence-corrected chi connectivity index (χ0v) is 14.0. The molecule has 2 aromatic rings. The van der Waals surface area contributed by atoms with Gasteiger partial charge in [-0.2, -0.15) is 0 Å². The molecule has 0 aliphatic carbocycles. The van der Waals surface area contributed by atoms with E-state index in [0.717, 1.165) is 22.8 Å². The highest BCUT2D eigenvalue weighted by Crippen LogP contribution is 2.22. The van der Waals surface area contributed by atoms with Crippen molar-refractivity contribution in [1.82, 2.24) is 9.97 Å². The van der Waals surface area contributed by atoms with E-state index in [1.54, 1.807) is 0 Å². The van der Waals surface area contributed by atoms with Gasteiger partial charge in [0.1, 0.15) is 16.2 Å². The van der Waals surface area contributed by atoms with Crippen molar-refractivity contribution in [3.63, 3.8) is 0 Å². The first-order valence-electron chi connectivity index (χ1n) is 6.30. The molecule has 0 saturated heterocycles. The fourth-order valence-corrected chi connectivity index (χ4v) is 3.09. The number of nitrogens with zero attached hydrogens (tertiary/aromatic N) is 2. The molecule has 2 rings (SSSR count). The maximum atomic E-state index is 4.53. The zero-order chi connectivity index (χ0) is 14.0. The summed E-state index contributed by atoms with van der Waals surface area (Å²) in [7, 11) is 0. The fourth-order valence-electron chi connectivity index (χ4n) is 1.70. The van der Waals surface area contributed by atoms with Gasteiger partial charge in [-0.3, -0.25) is 0 Å². The van der Waals surface area contributed by atoms with Gasteiger partial charge in [0.05, 0.1) is 6.54 Å². The van der Waals surface area contributed by atoms with Gasteiger partial charge in [0.15, 0.2) is 0 Å². The van der Waals surface area contributed by atoms with E-state index in [2.05, 4.69) is 65.0 Å². The standard InChI is InChI=1S/C14H18BrN3S/c1-8(2)14-17-12(15)6-13(18-14)16-7-11-5-9(3)10(4)19-11/h5-6,8H,7H2,1-4H3,(H,16,17,18). The molecule has 0 radical (unpaired) electrons. The first-order chi connectivity index (χ1) is 8.95. The lowest BCUT2D eigenvalue weighted by molar-refractivity contribution is 0.769. The molecule has 0 amide bonds. The normalized spacial score (nSPS) is 11.1. The summed E-state index contributed by atoms with van der Waals surface area (Å²) in [4.78, 5) is 11.6. The molecule has 0 spiro atoms. The number of hydrogen-bond donors (Lipinski definition) is 1. The minimum absolute atomic E-state index is 0.323. The highest BCUT2D eigenvalue weighted by atomic mass is 79.9. The van der Waals surface area contributed by atoms with Crippen LogP contribution >= 0.6 is 27.3 Å². The summed E-state index contributed by atoms with van der Waals surface area (Å²) < 4.78 is 0.826. The fraction of sp³-hybridized carbons (Fsp3) is 0.429. The minimum Gasteiger partial charge on any atom is -0.365 e. The number of hydrogen-bond acceptors (Lipinski definition) is 4. The van der Waals surface area contributed by atoms with Crippen LogP contribution in [0.15, 0.2) is 16.7 Å². The molecule has 3 nitrogen and oxygen atoms in total. The van der Waals surface area contributed by atoms with Gasteiger partial charge in [-0.1, -0.05) is 13.8 Å². The Hall–Kier alpha value is -0.940. The lowest BCUT2D eigenvalue weighted by atomic mass is 10.2. The Kier molecular flexibility index (Phi) is 4.58. The van der Waals surface area contributed by atoms with E-state index in [1.165, 1.54) is 15.3 Å². The average molecular weight is 340 g/mol. The number of aryl methyl sites for hydroxylation is 2. The van der Waals surface area contributed by atoms with E-state index in [0.29, 0.717) is 5.92 Å². The van der Waals surface area contributed by atoms with Gasteiger partial charge in [-0.25, -0.2) is 9.97 Å². The van der Waals surface area contributed by atoms with E-state index in [-0.39, 0.29) is 0 Å². The SMILES string of the molecule is Cc1cc(CNc2cc(Br)nc(C(C)C)n2)sc1C. The van der Waals surface area contributed by atoms with Crippen LogP contribution in [0.5, 0.6) is 0 Å². The lowest BCUT2D eigenvalue weighted by Crippen LogP contribution is -2.05. The number of rotatable bonds is 4. The van der Waals surface area contributed by atoms with Crippen LogP contribution in [-0.2, 0) is 6.54 Å². The van der Waals surface area contributed by atoms with E-state index in [1.807, 2.05) is 17.4 Å². The molecule has 2 heterocycles. The second-order valence-electron chi connectivity index (χ2n) is 4.89. The molecule has 0 unspecified atom stereocenters. The van der Waals surface area contributed by atoms with Gasteiger partial charge in [0.25, 0.3) is 0 Å². The Labute approximate surface area is 126 Å². The van der Waals surface area contributed by atoms with Crippen LogP contribution < -0.4 is 5.32 Å². The number of nitrogens with one attached hydrogen (secondary N) is 1. The van der Waals surface area contributed by atoms with Crippen molar-refractivity contribution in [2.75, 3.05) is 5.32 Å². The van der Waals surface area contributed by atoms with Crippen molar-refractivity contribution < 1.29 is 0 Å². The molecule has 0 aliphatic rings. The summed E-state index contributed by atoms with van der Waals surface area (Å²) in [5.41, 5.74) is 1.36. The van der Waals surface area contributed by atoms with Crippen molar-refractivity contribution in [2.24, 2.45) is 0 Å². The van der Waals surface area contributed by atoms with E-state index in [4.69, 9.17) is 0 Å². The first-order valence-corrected chi connectivity index (χ1v) is 7.91. The lowest BCUT2D eigenvalue weighted by Gasteiger charge is -2.09. The van der Waals surface area contributed by atoms with Gasteiger partial charge in [-0.15, -0.1) is 11.3 Å². The second kappa shape index (κ2) is 6.01. The third-order valence-corrected chi connectivity index (χ3v) is 4.45. The molecule has 0 aromatic carbocycles. The molecule has 0 aliphatic heterocycles. The van der Waals surface area contributed by atoms with Crippen LogP contribution in [0.4, 0.5) is 5.82 Å².